The number of alkyl halides is 3. The summed E-state index contributed by atoms with van der Waals surface area (Å²) in [6, 6.07) is 7.51. The monoisotopic (exact) mass is 578 g/mol. The molecule has 4 unspecified atom stereocenters. The number of halogens is 3. The second-order valence-electron chi connectivity index (χ2n) is 8.27. The number of rotatable bonds is 8. The maximum absolute atomic E-state index is 13.1. The number of nitrogens with one attached hydrogen (secondary N) is 1. The number of ether oxygens (including phenoxy) is 1. The van der Waals surface area contributed by atoms with Gasteiger partial charge in [-0.3, -0.25) is 9.59 Å². The zero-order valence-corrected chi connectivity index (χ0v) is 22.5. The lowest BCUT2D eigenvalue weighted by atomic mass is 9.95. The molecule has 2 aliphatic rings. The topological polar surface area (TPSA) is 119 Å². The molecule has 0 bridgehead atoms. The predicted molar refractivity (Wildman–Crippen MR) is 133 cm³/mol. The minimum Gasteiger partial charge on any atom is -0.460 e. The van der Waals surface area contributed by atoms with Crippen LogP contribution in [0.1, 0.15) is 12.5 Å². The maximum atomic E-state index is 13.1. The van der Waals surface area contributed by atoms with Gasteiger partial charge in [-0.05, 0) is 22.9 Å². The van der Waals surface area contributed by atoms with Crippen LogP contribution >= 0.6 is 58.3 Å². The van der Waals surface area contributed by atoms with Gasteiger partial charge < -0.3 is 15.0 Å². The molecule has 1 aromatic heterocycles. The third kappa shape index (κ3) is 5.82. The summed E-state index contributed by atoms with van der Waals surface area (Å²) in [5, 5.41) is 14.3. The average Bonchev–Trinajstić information content (AvgIpc) is 3.33. The lowest BCUT2D eigenvalue weighted by Crippen LogP contribution is -2.71. The van der Waals surface area contributed by atoms with Crippen molar-refractivity contribution in [1.29, 1.82) is 0 Å². The summed E-state index contributed by atoms with van der Waals surface area (Å²) in [6.07, 6.45) is 0.142. The smallest absolute Gasteiger partial charge is 0.330 e. The molecule has 188 valence electrons. The summed E-state index contributed by atoms with van der Waals surface area (Å²) in [7, 11) is 1.70. The van der Waals surface area contributed by atoms with Crippen molar-refractivity contribution in [2.24, 2.45) is 7.05 Å². The predicted octanol–water partition coefficient (Wildman–Crippen LogP) is 1.99. The lowest BCUT2D eigenvalue weighted by molar-refractivity contribution is -0.164. The van der Waals surface area contributed by atoms with Crippen molar-refractivity contribution in [3.63, 3.8) is 0 Å². The highest BCUT2D eigenvalue weighted by Gasteiger charge is 2.66. The van der Waals surface area contributed by atoms with Crippen molar-refractivity contribution < 1.29 is 19.1 Å². The molecule has 35 heavy (non-hydrogen) atoms. The zero-order chi connectivity index (χ0) is 25.4. The number of carbonyl (C=O) groups excluding carboxylic acids is 3. The number of carbonyl (C=O) groups is 3. The maximum Gasteiger partial charge on any atom is 0.330 e. The first kappa shape index (κ1) is 26.3. The van der Waals surface area contributed by atoms with Gasteiger partial charge in [0.15, 0.2) is 0 Å². The number of aromatic nitrogens is 4. The summed E-state index contributed by atoms with van der Waals surface area (Å²) < 4.78 is 4.19. The largest absolute Gasteiger partial charge is 0.460 e. The van der Waals surface area contributed by atoms with E-state index < -0.39 is 38.6 Å². The number of benzene rings is 1. The van der Waals surface area contributed by atoms with Gasteiger partial charge in [-0.25, -0.2) is 9.48 Å². The number of thioether (sulfide) groups is 2. The van der Waals surface area contributed by atoms with Crippen LogP contribution in [0.25, 0.3) is 0 Å². The first-order valence-electron chi connectivity index (χ1n) is 10.4. The van der Waals surface area contributed by atoms with Gasteiger partial charge in [0.05, 0.1) is 11.2 Å². The fourth-order valence-corrected chi connectivity index (χ4v) is 6.97. The van der Waals surface area contributed by atoms with Gasteiger partial charge in [0.1, 0.15) is 24.1 Å². The van der Waals surface area contributed by atoms with E-state index >= 15 is 0 Å². The lowest BCUT2D eigenvalue weighted by Gasteiger charge is -2.44. The van der Waals surface area contributed by atoms with E-state index in [4.69, 9.17) is 39.5 Å². The minimum atomic E-state index is -1.79. The Bertz CT molecular complexity index is 1120. The third-order valence-corrected chi connectivity index (χ3v) is 9.03. The molecule has 2 amide bonds. The van der Waals surface area contributed by atoms with Crippen LogP contribution < -0.4 is 5.32 Å². The number of esters is 1. The second kappa shape index (κ2) is 10.3. The molecule has 0 spiro atoms. The molecule has 4 atom stereocenters. The van der Waals surface area contributed by atoms with Gasteiger partial charge in [0, 0.05) is 12.8 Å². The van der Waals surface area contributed by atoms with E-state index in [1.165, 1.54) is 33.1 Å². The Labute approximate surface area is 224 Å². The summed E-state index contributed by atoms with van der Waals surface area (Å²) in [6.45, 7) is 1.39. The molecule has 15 heteroatoms. The number of hydrogen-bond donors (Lipinski definition) is 1. The van der Waals surface area contributed by atoms with E-state index in [2.05, 4.69) is 20.8 Å². The minimum absolute atomic E-state index is 0.142. The first-order chi connectivity index (χ1) is 16.5. The highest BCUT2D eigenvalue weighted by atomic mass is 35.6. The van der Waals surface area contributed by atoms with Gasteiger partial charge in [0.2, 0.25) is 20.8 Å². The van der Waals surface area contributed by atoms with E-state index in [0.29, 0.717) is 10.9 Å². The molecule has 0 aliphatic carbocycles. The molecular weight excluding hydrogens is 559 g/mol. The van der Waals surface area contributed by atoms with Crippen molar-refractivity contribution in [1.82, 2.24) is 30.4 Å². The summed E-state index contributed by atoms with van der Waals surface area (Å²) in [5.41, 5.74) is 0.833. The molecule has 2 aliphatic heterocycles. The highest BCUT2D eigenvalue weighted by Crippen LogP contribution is 2.53. The second-order valence-corrected chi connectivity index (χ2v) is 13.4. The Morgan fingerprint density at radius 2 is 2.00 bits per heavy atom. The fraction of sp³-hybridized carbons (Fsp3) is 0.500. The zero-order valence-electron chi connectivity index (χ0n) is 18.6. The SMILES string of the molecule is Cn1nnnc1SCC1(C)SC2C(NC(=O)Cc3ccccc3)C(=O)N2C1C(=O)OCC(Cl)(Cl)Cl. The van der Waals surface area contributed by atoms with Crippen molar-refractivity contribution in [2.75, 3.05) is 12.4 Å². The molecule has 10 nitrogen and oxygen atoms in total. The summed E-state index contributed by atoms with van der Waals surface area (Å²) in [4.78, 5) is 40.2. The van der Waals surface area contributed by atoms with Crippen LogP contribution in [-0.4, -0.2) is 81.2 Å². The normalized spacial score (nSPS) is 25.7. The van der Waals surface area contributed by atoms with Gasteiger partial charge in [-0.1, -0.05) is 76.9 Å². The quantitative estimate of drug-likeness (QED) is 0.217. The van der Waals surface area contributed by atoms with Crippen molar-refractivity contribution in [2.45, 2.75) is 44.5 Å². The molecule has 3 heterocycles. The van der Waals surface area contributed by atoms with E-state index in [-0.39, 0.29) is 18.2 Å². The third-order valence-electron chi connectivity index (χ3n) is 5.52. The molecule has 2 fully saturated rings. The number of amides is 2. The molecule has 0 radical (unpaired) electrons. The van der Waals surface area contributed by atoms with Crippen LogP contribution in [0.4, 0.5) is 0 Å². The standard InChI is InChI=1S/C20H21Cl3N6O4S2/c1-19(10-34-18-25-26-27-28(18)2)14(17(32)33-9-20(21,22)23)29-15(31)13(16(29)35-19)24-12(30)8-11-6-4-3-5-7-11/h3-7,13-14,16H,8-10H2,1-2H3,(H,24,30). The summed E-state index contributed by atoms with van der Waals surface area (Å²) >= 11 is 20.0. The number of aryl methyl sites for hydroxylation is 1. The molecule has 4 rings (SSSR count). The van der Waals surface area contributed by atoms with Gasteiger partial charge >= 0.3 is 5.97 Å². The van der Waals surface area contributed by atoms with E-state index in [9.17, 15) is 14.4 Å². The summed E-state index contributed by atoms with van der Waals surface area (Å²) in [5.74, 6) is -0.954. The van der Waals surface area contributed by atoms with Crippen LogP contribution in [0.3, 0.4) is 0 Å². The van der Waals surface area contributed by atoms with Crippen LogP contribution in [-0.2, 0) is 32.6 Å². The van der Waals surface area contributed by atoms with Crippen LogP contribution in [0, 0.1) is 0 Å². The molecule has 1 aromatic carbocycles. The number of fused-ring (bicyclic) bond motifs is 1. The first-order valence-corrected chi connectivity index (χ1v) is 13.4. The van der Waals surface area contributed by atoms with Crippen molar-refractivity contribution in [3.8, 4) is 0 Å². The number of tetrazole rings is 1. The van der Waals surface area contributed by atoms with Crippen molar-refractivity contribution >= 4 is 76.1 Å². The Morgan fingerprint density at radius 3 is 2.63 bits per heavy atom. The van der Waals surface area contributed by atoms with Crippen LogP contribution in [0.5, 0.6) is 0 Å². The van der Waals surface area contributed by atoms with Crippen LogP contribution in [0.2, 0.25) is 0 Å². The number of nitrogens with zero attached hydrogens (tertiary/aromatic N) is 5. The molecule has 1 N–H and O–H groups in total. The fourth-order valence-electron chi connectivity index (χ4n) is 3.92. The molecule has 0 saturated carbocycles. The van der Waals surface area contributed by atoms with Gasteiger partial charge in [-0.15, -0.1) is 16.9 Å². The van der Waals surface area contributed by atoms with Crippen LogP contribution in [0.15, 0.2) is 35.5 Å². The number of hydrogen-bond acceptors (Lipinski definition) is 9. The Balaban J connectivity index is 1.49. The Hall–Kier alpha value is -1.73. The molecular formula is C20H21Cl3N6O4S2. The van der Waals surface area contributed by atoms with Gasteiger partial charge in [0.25, 0.3) is 0 Å². The van der Waals surface area contributed by atoms with Crippen molar-refractivity contribution in [3.05, 3.63) is 35.9 Å². The molecule has 2 aromatic rings. The van der Waals surface area contributed by atoms with Gasteiger partial charge in [-0.2, -0.15) is 0 Å². The molecule has 2 saturated heterocycles. The highest BCUT2D eigenvalue weighted by molar-refractivity contribution is 8.04. The Morgan fingerprint density at radius 1 is 1.29 bits per heavy atom. The number of β-lactam (4-membered cyclic amide) rings is 1. The van der Waals surface area contributed by atoms with E-state index in [1.807, 2.05) is 37.3 Å². The van der Waals surface area contributed by atoms with E-state index in [1.54, 1.807) is 7.05 Å². The average molecular weight is 580 g/mol. The van der Waals surface area contributed by atoms with E-state index in [0.717, 1.165) is 5.56 Å². The Kier molecular flexibility index (Phi) is 7.77.